The first-order chi connectivity index (χ1) is 11.7. The van der Waals surface area contributed by atoms with Crippen LogP contribution >= 0.6 is 11.6 Å². The minimum absolute atomic E-state index is 0.0375. The molecule has 0 spiro atoms. The molecule has 0 fully saturated rings. The minimum Gasteiger partial charge on any atom is -0.337 e. The molecule has 0 unspecified atom stereocenters. The highest BCUT2D eigenvalue weighted by molar-refractivity contribution is 6.34. The number of anilines is 1. The summed E-state index contributed by atoms with van der Waals surface area (Å²) in [5.41, 5.74) is 2.76. The number of nitrogens with one attached hydrogen (secondary N) is 1. The maximum atomic E-state index is 12.1. The van der Waals surface area contributed by atoms with E-state index in [1.54, 1.807) is 12.5 Å². The summed E-state index contributed by atoms with van der Waals surface area (Å²) in [4.78, 5) is 16.0. The second-order valence-electron chi connectivity index (χ2n) is 5.51. The van der Waals surface area contributed by atoms with Gasteiger partial charge in [0, 0.05) is 25.4 Å². The number of halogens is 1. The van der Waals surface area contributed by atoms with E-state index in [-0.39, 0.29) is 5.91 Å². The van der Waals surface area contributed by atoms with Crippen LogP contribution in [0.25, 0.3) is 11.1 Å². The van der Waals surface area contributed by atoms with Crippen molar-refractivity contribution < 1.29 is 4.79 Å². The number of carbonyl (C=O) groups is 1. The van der Waals surface area contributed by atoms with Crippen LogP contribution in [0.4, 0.5) is 5.69 Å². The number of hydrogen-bond acceptors (Lipinski definition) is 2. The number of amides is 1. The summed E-state index contributed by atoms with van der Waals surface area (Å²) in [6.45, 7) is 0.772. The number of hydrogen-bond donors (Lipinski definition) is 1. The van der Waals surface area contributed by atoms with E-state index in [0.29, 0.717) is 17.1 Å². The molecule has 0 saturated heterocycles. The summed E-state index contributed by atoms with van der Waals surface area (Å²) in [5, 5.41) is 3.41. The average molecular weight is 340 g/mol. The minimum atomic E-state index is -0.0375. The molecule has 24 heavy (non-hydrogen) atoms. The summed E-state index contributed by atoms with van der Waals surface area (Å²) in [7, 11) is 0. The zero-order valence-corrected chi connectivity index (χ0v) is 13.9. The standard InChI is InChI=1S/C19H18ClN3O/c20-17-13-16(15-5-2-1-3-6-15)8-9-18(17)22-19(24)7-4-11-23-12-10-21-14-23/h1-3,5-6,8-10,12-14H,4,7,11H2,(H,22,24). The van der Waals surface area contributed by atoms with Crippen molar-refractivity contribution in [2.45, 2.75) is 19.4 Å². The average Bonchev–Trinajstić information content (AvgIpc) is 3.11. The molecule has 0 saturated carbocycles. The molecule has 1 N–H and O–H groups in total. The van der Waals surface area contributed by atoms with Gasteiger partial charge < -0.3 is 9.88 Å². The predicted molar refractivity (Wildman–Crippen MR) is 97.0 cm³/mol. The van der Waals surface area contributed by atoms with E-state index in [2.05, 4.69) is 10.3 Å². The van der Waals surface area contributed by atoms with Gasteiger partial charge in [-0.25, -0.2) is 4.98 Å². The molecule has 4 nitrogen and oxygen atoms in total. The molecule has 3 aromatic rings. The summed E-state index contributed by atoms with van der Waals surface area (Å²) >= 11 is 6.31. The van der Waals surface area contributed by atoms with Gasteiger partial charge in [-0.1, -0.05) is 48.0 Å². The van der Waals surface area contributed by atoms with Crippen LogP contribution in [0.15, 0.2) is 67.3 Å². The van der Waals surface area contributed by atoms with Crippen molar-refractivity contribution in [1.29, 1.82) is 0 Å². The molecule has 0 bridgehead atoms. The lowest BCUT2D eigenvalue weighted by atomic mass is 10.1. The van der Waals surface area contributed by atoms with E-state index < -0.39 is 0 Å². The third-order valence-corrected chi connectivity index (χ3v) is 4.04. The summed E-state index contributed by atoms with van der Waals surface area (Å²) in [6.07, 6.45) is 6.55. The van der Waals surface area contributed by atoms with Gasteiger partial charge in [-0.2, -0.15) is 0 Å². The Morgan fingerprint density at radius 3 is 2.67 bits per heavy atom. The molecular weight excluding hydrogens is 322 g/mol. The van der Waals surface area contributed by atoms with Gasteiger partial charge in [-0.15, -0.1) is 0 Å². The molecule has 1 heterocycles. The quantitative estimate of drug-likeness (QED) is 0.712. The van der Waals surface area contributed by atoms with Crippen molar-refractivity contribution in [2.75, 3.05) is 5.32 Å². The molecule has 0 aliphatic carbocycles. The van der Waals surface area contributed by atoms with Gasteiger partial charge in [-0.05, 0) is 29.7 Å². The van der Waals surface area contributed by atoms with Crippen LogP contribution < -0.4 is 5.32 Å². The van der Waals surface area contributed by atoms with Crippen molar-refractivity contribution in [3.8, 4) is 11.1 Å². The topological polar surface area (TPSA) is 46.9 Å². The number of aryl methyl sites for hydroxylation is 1. The van der Waals surface area contributed by atoms with Crippen molar-refractivity contribution in [2.24, 2.45) is 0 Å². The van der Waals surface area contributed by atoms with Gasteiger partial charge in [0.2, 0.25) is 5.91 Å². The van der Waals surface area contributed by atoms with E-state index >= 15 is 0 Å². The lowest BCUT2D eigenvalue weighted by Crippen LogP contribution is -2.12. The second kappa shape index (κ2) is 7.79. The van der Waals surface area contributed by atoms with Crippen LogP contribution in [0.1, 0.15) is 12.8 Å². The Morgan fingerprint density at radius 1 is 1.12 bits per heavy atom. The summed E-state index contributed by atoms with van der Waals surface area (Å²) in [6, 6.07) is 15.7. The second-order valence-corrected chi connectivity index (χ2v) is 5.92. The normalized spacial score (nSPS) is 10.5. The summed E-state index contributed by atoms with van der Waals surface area (Å²) in [5.74, 6) is -0.0375. The van der Waals surface area contributed by atoms with Crippen LogP contribution in [0.2, 0.25) is 5.02 Å². The first-order valence-corrected chi connectivity index (χ1v) is 8.21. The Morgan fingerprint density at radius 2 is 1.96 bits per heavy atom. The maximum absolute atomic E-state index is 12.1. The number of imidazole rings is 1. The number of carbonyl (C=O) groups excluding carboxylic acids is 1. The van der Waals surface area contributed by atoms with Crippen molar-refractivity contribution >= 4 is 23.2 Å². The van der Waals surface area contributed by atoms with E-state index in [4.69, 9.17) is 11.6 Å². The zero-order valence-electron chi connectivity index (χ0n) is 13.2. The number of rotatable bonds is 6. The van der Waals surface area contributed by atoms with Crippen LogP contribution in [-0.4, -0.2) is 15.5 Å². The van der Waals surface area contributed by atoms with Gasteiger partial charge >= 0.3 is 0 Å². The fourth-order valence-corrected chi connectivity index (χ4v) is 2.71. The number of aromatic nitrogens is 2. The molecule has 1 amide bonds. The number of benzene rings is 2. The molecule has 5 heteroatoms. The third-order valence-electron chi connectivity index (χ3n) is 3.73. The smallest absolute Gasteiger partial charge is 0.224 e. The lowest BCUT2D eigenvalue weighted by Gasteiger charge is -2.09. The Labute approximate surface area is 146 Å². The van der Waals surface area contributed by atoms with Crippen LogP contribution in [-0.2, 0) is 11.3 Å². The van der Waals surface area contributed by atoms with Crippen molar-refractivity contribution in [1.82, 2.24) is 9.55 Å². The Kier molecular flexibility index (Phi) is 5.29. The van der Waals surface area contributed by atoms with Gasteiger partial charge in [0.1, 0.15) is 0 Å². The monoisotopic (exact) mass is 339 g/mol. The molecule has 0 aliphatic rings. The molecular formula is C19H18ClN3O. The summed E-state index contributed by atoms with van der Waals surface area (Å²) < 4.78 is 1.95. The molecule has 0 atom stereocenters. The highest BCUT2D eigenvalue weighted by Crippen LogP contribution is 2.28. The Bertz CT molecular complexity index is 801. The molecule has 0 radical (unpaired) electrons. The SMILES string of the molecule is O=C(CCCn1ccnc1)Nc1ccc(-c2ccccc2)cc1Cl. The largest absolute Gasteiger partial charge is 0.337 e. The van der Waals surface area contributed by atoms with Gasteiger partial charge in [0.25, 0.3) is 0 Å². The zero-order chi connectivity index (χ0) is 16.8. The van der Waals surface area contributed by atoms with Gasteiger partial charge in [-0.3, -0.25) is 4.79 Å². The third kappa shape index (κ3) is 4.24. The van der Waals surface area contributed by atoms with Crippen molar-refractivity contribution in [3.05, 3.63) is 72.3 Å². The van der Waals surface area contributed by atoms with E-state index in [1.165, 1.54) is 0 Å². The van der Waals surface area contributed by atoms with Crippen LogP contribution in [0.5, 0.6) is 0 Å². The fourth-order valence-electron chi connectivity index (χ4n) is 2.48. The first kappa shape index (κ1) is 16.3. The predicted octanol–water partition coefficient (Wildman–Crippen LogP) is 4.62. The van der Waals surface area contributed by atoms with E-state index in [0.717, 1.165) is 24.1 Å². The molecule has 3 rings (SSSR count). The van der Waals surface area contributed by atoms with Crippen molar-refractivity contribution in [3.63, 3.8) is 0 Å². The highest BCUT2D eigenvalue weighted by atomic mass is 35.5. The van der Waals surface area contributed by atoms with E-state index in [1.807, 2.05) is 59.3 Å². The lowest BCUT2D eigenvalue weighted by molar-refractivity contribution is -0.116. The van der Waals surface area contributed by atoms with Gasteiger partial charge in [0.05, 0.1) is 17.0 Å². The Hall–Kier alpha value is -2.59. The molecule has 1 aromatic heterocycles. The molecule has 0 aliphatic heterocycles. The number of nitrogens with zero attached hydrogens (tertiary/aromatic N) is 2. The Balaban J connectivity index is 1.57. The maximum Gasteiger partial charge on any atom is 0.224 e. The molecule has 122 valence electrons. The fraction of sp³-hybridized carbons (Fsp3) is 0.158. The van der Waals surface area contributed by atoms with E-state index in [9.17, 15) is 4.79 Å². The van der Waals surface area contributed by atoms with Crippen LogP contribution in [0, 0.1) is 0 Å². The first-order valence-electron chi connectivity index (χ1n) is 7.83. The molecule has 2 aromatic carbocycles. The van der Waals surface area contributed by atoms with Crippen LogP contribution in [0.3, 0.4) is 0 Å². The highest BCUT2D eigenvalue weighted by Gasteiger charge is 2.07. The van der Waals surface area contributed by atoms with Gasteiger partial charge in [0.15, 0.2) is 0 Å².